The molecule has 2 rings (SSSR count). The second kappa shape index (κ2) is 5.56. The molecule has 2 N–H and O–H groups in total. The minimum Gasteiger partial charge on any atom is -0.449 e. The van der Waals surface area contributed by atoms with E-state index in [1.807, 2.05) is 6.07 Å². The Morgan fingerprint density at radius 3 is 2.65 bits per heavy atom. The van der Waals surface area contributed by atoms with Gasteiger partial charge in [0.25, 0.3) is 5.56 Å². The average molecular weight is 279 g/mol. The minimum absolute atomic E-state index is 0.00658. The van der Waals surface area contributed by atoms with Crippen LogP contribution in [0.15, 0.2) is 23.0 Å². The molecule has 0 atom stereocenters. The van der Waals surface area contributed by atoms with Gasteiger partial charge in [-0.25, -0.2) is 4.79 Å². The van der Waals surface area contributed by atoms with Crippen LogP contribution in [-0.2, 0) is 11.8 Å². The van der Waals surface area contributed by atoms with E-state index in [1.54, 1.807) is 23.7 Å². The molecule has 1 aromatic heterocycles. The van der Waals surface area contributed by atoms with Gasteiger partial charge in [-0.2, -0.15) is 0 Å². The highest BCUT2D eigenvalue weighted by molar-refractivity contribution is 5.64. The summed E-state index contributed by atoms with van der Waals surface area (Å²) < 4.78 is 6.59. The average Bonchev–Trinajstić information content (AvgIpc) is 2.41. The van der Waals surface area contributed by atoms with E-state index < -0.39 is 6.09 Å². The van der Waals surface area contributed by atoms with Crippen LogP contribution in [0.5, 0.6) is 0 Å². The van der Waals surface area contributed by atoms with Gasteiger partial charge < -0.3 is 15.4 Å². The van der Waals surface area contributed by atoms with E-state index >= 15 is 0 Å². The molecule has 6 heteroatoms. The number of ether oxygens (including phenoxy) is 1. The van der Waals surface area contributed by atoms with E-state index in [0.717, 1.165) is 31.7 Å². The largest absolute Gasteiger partial charge is 0.449 e. The first-order valence-electron chi connectivity index (χ1n) is 6.74. The smallest absolute Gasteiger partial charge is 0.404 e. The van der Waals surface area contributed by atoms with Crippen molar-refractivity contribution in [3.05, 3.63) is 28.6 Å². The number of hydrogen-bond acceptors (Lipinski definition) is 4. The number of nitrogens with zero attached hydrogens (tertiary/aromatic N) is 2. The highest BCUT2D eigenvalue weighted by Gasteiger charge is 2.32. The van der Waals surface area contributed by atoms with Crippen molar-refractivity contribution in [3.63, 3.8) is 0 Å². The molecule has 0 saturated carbocycles. The first kappa shape index (κ1) is 14.4. The van der Waals surface area contributed by atoms with Gasteiger partial charge in [0, 0.05) is 31.6 Å². The fourth-order valence-corrected chi connectivity index (χ4v) is 2.54. The lowest BCUT2D eigenvalue weighted by atomic mass is 9.81. The third-order valence-corrected chi connectivity index (χ3v) is 4.02. The van der Waals surface area contributed by atoms with Gasteiger partial charge >= 0.3 is 6.09 Å². The van der Waals surface area contributed by atoms with Gasteiger partial charge in [0.1, 0.15) is 5.82 Å². The molecule has 0 bridgehead atoms. The van der Waals surface area contributed by atoms with Crippen molar-refractivity contribution < 1.29 is 9.53 Å². The maximum Gasteiger partial charge on any atom is 0.404 e. The number of carbonyl (C=O) groups is 1. The van der Waals surface area contributed by atoms with Crippen LogP contribution in [0, 0.1) is 5.41 Å². The van der Waals surface area contributed by atoms with Crippen molar-refractivity contribution >= 4 is 11.9 Å². The molecule has 2 heterocycles. The summed E-state index contributed by atoms with van der Waals surface area (Å²) in [6, 6.07) is 5.28. The standard InChI is InChI=1S/C14H21N3O3/c1-14(10-20-13(15)19)6-8-17(9-7-14)11-4-3-5-12(18)16(11)2/h3-5H,6-10H2,1-2H3,(H2,15,19). The van der Waals surface area contributed by atoms with E-state index in [-0.39, 0.29) is 11.0 Å². The minimum atomic E-state index is -0.723. The molecule has 110 valence electrons. The SMILES string of the molecule is Cn1c(N2CCC(C)(COC(N)=O)CC2)cccc1=O. The molecule has 0 unspecified atom stereocenters. The molecule has 1 aromatic rings. The first-order valence-corrected chi connectivity index (χ1v) is 6.74. The van der Waals surface area contributed by atoms with Crippen LogP contribution in [0.25, 0.3) is 0 Å². The lowest BCUT2D eigenvalue weighted by molar-refractivity contribution is 0.0817. The van der Waals surface area contributed by atoms with Gasteiger partial charge in [0.2, 0.25) is 0 Å². The zero-order chi connectivity index (χ0) is 14.8. The Balaban J connectivity index is 2.02. The number of carbonyl (C=O) groups excluding carboxylic acids is 1. The van der Waals surface area contributed by atoms with Crippen LogP contribution >= 0.6 is 0 Å². The van der Waals surface area contributed by atoms with E-state index in [2.05, 4.69) is 11.8 Å². The lowest BCUT2D eigenvalue weighted by Crippen LogP contribution is -2.43. The molecule has 1 saturated heterocycles. The Morgan fingerprint density at radius 1 is 1.40 bits per heavy atom. The normalized spacial score (nSPS) is 17.8. The number of hydrogen-bond donors (Lipinski definition) is 1. The topological polar surface area (TPSA) is 77.6 Å². The summed E-state index contributed by atoms with van der Waals surface area (Å²) >= 11 is 0. The van der Waals surface area contributed by atoms with Gasteiger partial charge in [0.15, 0.2) is 0 Å². The summed E-state index contributed by atoms with van der Waals surface area (Å²) in [6.45, 7) is 4.10. The summed E-state index contributed by atoms with van der Waals surface area (Å²) in [7, 11) is 1.78. The fourth-order valence-electron chi connectivity index (χ4n) is 2.54. The van der Waals surface area contributed by atoms with Crippen LogP contribution in [-0.4, -0.2) is 30.4 Å². The van der Waals surface area contributed by atoms with Crippen molar-refractivity contribution in [1.82, 2.24) is 4.57 Å². The fraction of sp³-hybridized carbons (Fsp3) is 0.571. The molecule has 0 aliphatic carbocycles. The lowest BCUT2D eigenvalue weighted by Gasteiger charge is -2.40. The Bertz CT molecular complexity index is 545. The van der Waals surface area contributed by atoms with Crippen molar-refractivity contribution in [2.45, 2.75) is 19.8 Å². The number of anilines is 1. The molecule has 1 aliphatic rings. The Labute approximate surface area is 118 Å². The Kier molecular flexibility index (Phi) is 4.01. The first-order chi connectivity index (χ1) is 9.41. The monoisotopic (exact) mass is 279 g/mol. The van der Waals surface area contributed by atoms with E-state index in [4.69, 9.17) is 10.5 Å². The van der Waals surface area contributed by atoms with Crippen LogP contribution in [0.1, 0.15) is 19.8 Å². The quantitative estimate of drug-likeness (QED) is 0.898. The number of piperidine rings is 1. The van der Waals surface area contributed by atoms with E-state index in [9.17, 15) is 9.59 Å². The molecule has 20 heavy (non-hydrogen) atoms. The number of rotatable bonds is 3. The zero-order valence-corrected chi connectivity index (χ0v) is 12.0. The molecule has 1 aliphatic heterocycles. The highest BCUT2D eigenvalue weighted by Crippen LogP contribution is 2.32. The summed E-state index contributed by atoms with van der Waals surface area (Å²) in [4.78, 5) is 24.5. The number of amides is 1. The predicted molar refractivity (Wildman–Crippen MR) is 76.8 cm³/mol. The summed E-state index contributed by atoms with van der Waals surface area (Å²) in [5, 5.41) is 0. The van der Waals surface area contributed by atoms with E-state index in [0.29, 0.717) is 6.61 Å². The van der Waals surface area contributed by atoms with Gasteiger partial charge in [-0.15, -0.1) is 0 Å². The highest BCUT2D eigenvalue weighted by atomic mass is 16.5. The van der Waals surface area contributed by atoms with Gasteiger partial charge in [-0.1, -0.05) is 13.0 Å². The van der Waals surface area contributed by atoms with Crippen molar-refractivity contribution in [2.24, 2.45) is 18.2 Å². The third-order valence-electron chi connectivity index (χ3n) is 4.02. The van der Waals surface area contributed by atoms with Crippen molar-refractivity contribution in [2.75, 3.05) is 24.6 Å². The van der Waals surface area contributed by atoms with Crippen LogP contribution in [0.3, 0.4) is 0 Å². The molecule has 0 aromatic carbocycles. The molecular weight excluding hydrogens is 258 g/mol. The number of pyridine rings is 1. The maximum atomic E-state index is 11.7. The third kappa shape index (κ3) is 3.12. The molecule has 1 amide bonds. The maximum absolute atomic E-state index is 11.7. The van der Waals surface area contributed by atoms with E-state index in [1.165, 1.54) is 0 Å². The van der Waals surface area contributed by atoms with Crippen LogP contribution in [0.4, 0.5) is 10.6 Å². The number of primary amides is 1. The van der Waals surface area contributed by atoms with Crippen molar-refractivity contribution in [3.8, 4) is 0 Å². The van der Waals surface area contributed by atoms with Gasteiger partial charge in [0.05, 0.1) is 6.61 Å². The van der Waals surface area contributed by atoms with Crippen LogP contribution < -0.4 is 16.2 Å². The molecule has 0 spiro atoms. The summed E-state index contributed by atoms with van der Waals surface area (Å²) in [6.07, 6.45) is 1.06. The van der Waals surface area contributed by atoms with Gasteiger partial charge in [-0.3, -0.25) is 9.36 Å². The number of aromatic nitrogens is 1. The summed E-state index contributed by atoms with van der Waals surface area (Å²) in [5.41, 5.74) is 4.96. The molecule has 6 nitrogen and oxygen atoms in total. The molecule has 0 radical (unpaired) electrons. The van der Waals surface area contributed by atoms with Crippen molar-refractivity contribution in [1.29, 1.82) is 0 Å². The summed E-state index contributed by atoms with van der Waals surface area (Å²) in [5.74, 6) is 0.926. The van der Waals surface area contributed by atoms with Crippen LogP contribution in [0.2, 0.25) is 0 Å². The number of nitrogens with two attached hydrogens (primary N) is 1. The Morgan fingerprint density at radius 2 is 2.05 bits per heavy atom. The second-order valence-corrected chi connectivity index (χ2v) is 5.69. The predicted octanol–water partition coefficient (Wildman–Crippen LogP) is 1.09. The second-order valence-electron chi connectivity index (χ2n) is 5.69. The molecule has 1 fully saturated rings. The van der Waals surface area contributed by atoms with Gasteiger partial charge in [-0.05, 0) is 18.9 Å². The zero-order valence-electron chi connectivity index (χ0n) is 12.0. The molecular formula is C14H21N3O3. The Hall–Kier alpha value is -1.98.